The number of oxazole rings is 1. The summed E-state index contributed by atoms with van der Waals surface area (Å²) in [4.78, 5) is 16.6. The van der Waals surface area contributed by atoms with Crippen LogP contribution >= 0.6 is 0 Å². The van der Waals surface area contributed by atoms with E-state index in [-0.39, 0.29) is 12.8 Å². The van der Waals surface area contributed by atoms with Crippen LogP contribution in [0.1, 0.15) is 31.2 Å². The number of anilines is 1. The van der Waals surface area contributed by atoms with Crippen molar-refractivity contribution in [2.45, 2.75) is 38.8 Å². The highest BCUT2D eigenvalue weighted by molar-refractivity contribution is 5.94. The van der Waals surface area contributed by atoms with Crippen molar-refractivity contribution in [2.24, 2.45) is 11.8 Å². The van der Waals surface area contributed by atoms with Crippen LogP contribution in [0.3, 0.4) is 0 Å². The molecule has 0 radical (unpaired) electrons. The molecule has 2 aromatic rings. The van der Waals surface area contributed by atoms with Crippen LogP contribution in [0.25, 0.3) is 11.5 Å². The Morgan fingerprint density at radius 2 is 2.04 bits per heavy atom. The molecule has 0 bridgehead atoms. The summed E-state index contributed by atoms with van der Waals surface area (Å²) in [5, 5.41) is 2.68. The van der Waals surface area contributed by atoms with E-state index < -0.39 is 23.9 Å². The number of rotatable bonds is 3. The maximum Gasteiger partial charge on any atom is 0.392 e. The first-order valence-corrected chi connectivity index (χ1v) is 8.25. The molecule has 0 unspecified atom stereocenters. The van der Waals surface area contributed by atoms with Crippen LogP contribution in [-0.4, -0.2) is 17.1 Å². The van der Waals surface area contributed by atoms with Crippen LogP contribution in [0.15, 0.2) is 35.1 Å². The van der Waals surface area contributed by atoms with Crippen LogP contribution in [0.4, 0.5) is 18.9 Å². The lowest BCUT2D eigenvalue weighted by Crippen LogP contribution is -2.39. The number of alkyl halides is 3. The van der Waals surface area contributed by atoms with Gasteiger partial charge in [0.25, 0.3) is 0 Å². The lowest BCUT2D eigenvalue weighted by molar-refractivity contribution is -0.197. The number of amides is 1. The van der Waals surface area contributed by atoms with Gasteiger partial charge in [-0.05, 0) is 37.5 Å². The largest absolute Gasteiger partial charge is 0.445 e. The number of nitrogens with one attached hydrogen (secondary N) is 1. The van der Waals surface area contributed by atoms with E-state index in [1.165, 1.54) is 12.5 Å². The summed E-state index contributed by atoms with van der Waals surface area (Å²) in [5.74, 6) is -2.79. The van der Waals surface area contributed by atoms with Gasteiger partial charge in [-0.2, -0.15) is 13.2 Å². The molecule has 1 fully saturated rings. The number of aromatic nitrogens is 1. The smallest absolute Gasteiger partial charge is 0.392 e. The molecule has 1 aromatic carbocycles. The van der Waals surface area contributed by atoms with Crippen LogP contribution in [0.2, 0.25) is 0 Å². The van der Waals surface area contributed by atoms with E-state index in [0.29, 0.717) is 35.5 Å². The van der Waals surface area contributed by atoms with E-state index >= 15 is 0 Å². The van der Waals surface area contributed by atoms with Gasteiger partial charge in [0.2, 0.25) is 11.8 Å². The molecule has 134 valence electrons. The summed E-state index contributed by atoms with van der Waals surface area (Å²) in [6.07, 6.45) is 0.0153. The fraction of sp³-hybridized carbons (Fsp3) is 0.444. The molecule has 0 saturated heterocycles. The Labute approximate surface area is 143 Å². The topological polar surface area (TPSA) is 55.1 Å². The molecular weight excluding hydrogens is 333 g/mol. The molecule has 0 spiro atoms. The molecule has 1 aliphatic carbocycles. The van der Waals surface area contributed by atoms with E-state index in [4.69, 9.17) is 4.42 Å². The fourth-order valence-electron chi connectivity index (χ4n) is 3.42. The second-order valence-corrected chi connectivity index (χ2v) is 6.34. The Bertz CT molecular complexity index is 741. The fourth-order valence-corrected chi connectivity index (χ4v) is 3.42. The quantitative estimate of drug-likeness (QED) is 0.850. The van der Waals surface area contributed by atoms with E-state index in [1.807, 2.05) is 0 Å². The van der Waals surface area contributed by atoms with Crippen molar-refractivity contribution in [3.8, 4) is 11.5 Å². The Hall–Kier alpha value is -2.31. The first-order chi connectivity index (χ1) is 11.9. The average Bonchev–Trinajstić information content (AvgIpc) is 3.10. The maximum atomic E-state index is 13.2. The lowest BCUT2D eigenvalue weighted by Gasteiger charge is -2.32. The van der Waals surface area contributed by atoms with Crippen LogP contribution in [-0.2, 0) is 4.79 Å². The number of benzene rings is 1. The van der Waals surface area contributed by atoms with Gasteiger partial charge < -0.3 is 9.73 Å². The first kappa shape index (κ1) is 17.5. The van der Waals surface area contributed by atoms with Gasteiger partial charge in [0.1, 0.15) is 6.26 Å². The Balaban J connectivity index is 1.82. The number of hydrogen-bond donors (Lipinski definition) is 1. The maximum absolute atomic E-state index is 13.2. The standard InChI is InChI=1S/C18H19F3N2O2/c1-11-12(17-22-9-10-25-17)6-4-8-15(11)23-16(24)13-5-2-3-7-14(13)18(19,20)21/h4,6,8-10,13-14H,2-3,5,7H2,1H3,(H,23,24)/t13-,14-/m1/s1. The van der Waals surface area contributed by atoms with Crippen molar-refractivity contribution < 1.29 is 22.4 Å². The minimum absolute atomic E-state index is 0.0108. The molecule has 1 saturated carbocycles. The zero-order chi connectivity index (χ0) is 18.0. The van der Waals surface area contributed by atoms with Gasteiger partial charge >= 0.3 is 6.18 Å². The van der Waals surface area contributed by atoms with Gasteiger partial charge in [-0.25, -0.2) is 4.98 Å². The van der Waals surface area contributed by atoms with Crippen molar-refractivity contribution in [1.29, 1.82) is 0 Å². The van der Waals surface area contributed by atoms with Crippen molar-refractivity contribution in [3.63, 3.8) is 0 Å². The SMILES string of the molecule is Cc1c(NC(=O)[C@@H]2CCCC[C@H]2C(F)(F)F)cccc1-c1ncco1. The molecule has 1 heterocycles. The zero-order valence-electron chi connectivity index (χ0n) is 13.8. The van der Waals surface area contributed by atoms with Gasteiger partial charge in [0.05, 0.1) is 12.1 Å². The van der Waals surface area contributed by atoms with Crippen molar-refractivity contribution >= 4 is 11.6 Å². The highest BCUT2D eigenvalue weighted by Gasteiger charge is 2.48. The van der Waals surface area contributed by atoms with E-state index in [1.54, 1.807) is 25.1 Å². The number of hydrogen-bond acceptors (Lipinski definition) is 3. The van der Waals surface area contributed by atoms with Gasteiger partial charge in [-0.1, -0.05) is 18.9 Å². The van der Waals surface area contributed by atoms with Crippen molar-refractivity contribution in [2.75, 3.05) is 5.32 Å². The molecule has 3 rings (SSSR count). The summed E-state index contributed by atoms with van der Waals surface area (Å²) >= 11 is 0. The van der Waals surface area contributed by atoms with Gasteiger partial charge in [0, 0.05) is 17.2 Å². The molecule has 1 amide bonds. The second kappa shape index (κ2) is 6.90. The minimum atomic E-state index is -4.35. The predicted octanol–water partition coefficient (Wildman–Crippen LogP) is 4.96. The van der Waals surface area contributed by atoms with Crippen molar-refractivity contribution in [3.05, 3.63) is 36.2 Å². The summed E-state index contributed by atoms with van der Waals surface area (Å²) in [6, 6.07) is 5.17. The van der Waals surface area contributed by atoms with Gasteiger partial charge in [-0.15, -0.1) is 0 Å². The Morgan fingerprint density at radius 3 is 2.72 bits per heavy atom. The van der Waals surface area contributed by atoms with Crippen LogP contribution < -0.4 is 5.32 Å². The average molecular weight is 352 g/mol. The van der Waals surface area contributed by atoms with Crippen LogP contribution in [0, 0.1) is 18.8 Å². The molecule has 2 atom stereocenters. The molecular formula is C18H19F3N2O2. The third-order valence-electron chi connectivity index (χ3n) is 4.78. The normalized spacial score (nSPS) is 21.1. The third kappa shape index (κ3) is 3.70. The number of halogens is 3. The molecule has 7 heteroatoms. The molecule has 1 aliphatic rings. The Kier molecular flexibility index (Phi) is 4.83. The summed E-state index contributed by atoms with van der Waals surface area (Å²) in [5.41, 5.74) is 1.88. The van der Waals surface area contributed by atoms with Gasteiger partial charge in [0.15, 0.2) is 0 Å². The highest BCUT2D eigenvalue weighted by Crippen LogP contribution is 2.42. The van der Waals surface area contributed by atoms with Crippen molar-refractivity contribution in [1.82, 2.24) is 4.98 Å². The third-order valence-corrected chi connectivity index (χ3v) is 4.78. The van der Waals surface area contributed by atoms with E-state index in [9.17, 15) is 18.0 Å². The summed E-state index contributed by atoms with van der Waals surface area (Å²) < 4.78 is 44.9. The van der Waals surface area contributed by atoms with E-state index in [2.05, 4.69) is 10.3 Å². The second-order valence-electron chi connectivity index (χ2n) is 6.34. The monoisotopic (exact) mass is 352 g/mol. The molecule has 25 heavy (non-hydrogen) atoms. The highest BCUT2D eigenvalue weighted by atomic mass is 19.4. The first-order valence-electron chi connectivity index (χ1n) is 8.25. The molecule has 1 aromatic heterocycles. The molecule has 1 N–H and O–H groups in total. The number of carbonyl (C=O) groups is 1. The Morgan fingerprint density at radius 1 is 1.28 bits per heavy atom. The number of carbonyl (C=O) groups excluding carboxylic acids is 1. The zero-order valence-corrected chi connectivity index (χ0v) is 13.8. The number of nitrogens with zero attached hydrogens (tertiary/aromatic N) is 1. The predicted molar refractivity (Wildman–Crippen MR) is 86.8 cm³/mol. The van der Waals surface area contributed by atoms with Gasteiger partial charge in [-0.3, -0.25) is 4.79 Å². The lowest BCUT2D eigenvalue weighted by atomic mass is 9.78. The van der Waals surface area contributed by atoms with Crippen LogP contribution in [0.5, 0.6) is 0 Å². The summed E-state index contributed by atoms with van der Waals surface area (Å²) in [7, 11) is 0. The summed E-state index contributed by atoms with van der Waals surface area (Å²) in [6.45, 7) is 1.78. The van der Waals surface area contributed by atoms with E-state index in [0.717, 1.165) is 0 Å². The minimum Gasteiger partial charge on any atom is -0.445 e. The molecule has 0 aliphatic heterocycles. The molecule has 4 nitrogen and oxygen atoms in total.